The lowest BCUT2D eigenvalue weighted by Crippen LogP contribution is -2.30. The Morgan fingerprint density at radius 1 is 1.14 bits per heavy atom. The maximum atomic E-state index is 10.2. The molecule has 1 heterocycles. The molecule has 0 bridgehead atoms. The maximum Gasteiger partial charge on any atom is 0.211 e. The number of benzene rings is 1. The third-order valence-corrected chi connectivity index (χ3v) is 4.21. The minimum atomic E-state index is 0. The van der Waals surface area contributed by atoms with Gasteiger partial charge < -0.3 is 10.2 Å². The summed E-state index contributed by atoms with van der Waals surface area (Å²) in [5.41, 5.74) is 3.11. The van der Waals surface area contributed by atoms with E-state index < -0.39 is 0 Å². The number of nitrogens with one attached hydrogen (secondary N) is 1. The number of unbranched alkanes of at least 4 members (excludes halogenated alkanes) is 2. The van der Waals surface area contributed by atoms with Crippen molar-refractivity contribution in [1.82, 2.24) is 4.90 Å². The van der Waals surface area contributed by atoms with Crippen molar-refractivity contribution >= 4 is 12.1 Å². The van der Waals surface area contributed by atoms with Crippen molar-refractivity contribution in [2.45, 2.75) is 59.3 Å². The summed E-state index contributed by atoms with van der Waals surface area (Å²) in [5, 5.41) is 2.66. The van der Waals surface area contributed by atoms with Crippen molar-refractivity contribution in [1.29, 1.82) is 0 Å². The van der Waals surface area contributed by atoms with Crippen LogP contribution in [-0.4, -0.2) is 30.9 Å². The van der Waals surface area contributed by atoms with E-state index in [4.69, 9.17) is 0 Å². The number of aryl methyl sites for hydroxylation is 2. The van der Waals surface area contributed by atoms with E-state index in [1.807, 2.05) is 32.0 Å². The molecule has 0 aliphatic carbocycles. The van der Waals surface area contributed by atoms with E-state index in [0.717, 1.165) is 16.8 Å². The van der Waals surface area contributed by atoms with E-state index in [0.29, 0.717) is 6.41 Å². The van der Waals surface area contributed by atoms with E-state index in [1.165, 1.54) is 58.2 Å². The van der Waals surface area contributed by atoms with Gasteiger partial charge in [-0.2, -0.15) is 0 Å². The molecule has 1 aromatic rings. The van der Waals surface area contributed by atoms with Crippen LogP contribution in [0.25, 0.3) is 0 Å². The fourth-order valence-corrected chi connectivity index (χ4v) is 2.87. The Balaban J connectivity index is 0.000000403. The Morgan fingerprint density at radius 3 is 2.32 bits per heavy atom. The molecule has 2 rings (SSSR count). The van der Waals surface area contributed by atoms with Crippen LogP contribution >= 0.6 is 0 Å². The van der Waals surface area contributed by atoms with Crippen LogP contribution in [-0.2, 0) is 4.79 Å². The number of rotatable bonds is 6. The minimum Gasteiger partial charge on any atom is -0.328 e. The highest BCUT2D eigenvalue weighted by molar-refractivity contribution is 5.75. The monoisotopic (exact) mass is 306 g/mol. The lowest BCUT2D eigenvalue weighted by Gasteiger charge is -2.26. The first kappa shape index (κ1) is 18.7. The molecular weight excluding hydrogens is 272 g/mol. The van der Waals surface area contributed by atoms with Gasteiger partial charge >= 0.3 is 0 Å². The molecule has 1 saturated heterocycles. The van der Waals surface area contributed by atoms with Crippen molar-refractivity contribution in [2.75, 3.05) is 25.0 Å². The second-order valence-corrected chi connectivity index (χ2v) is 6.14. The Bertz CT molecular complexity index is 411. The van der Waals surface area contributed by atoms with Gasteiger partial charge in [0, 0.05) is 7.11 Å². The van der Waals surface area contributed by atoms with Gasteiger partial charge in [0.05, 0.1) is 0 Å². The Hall–Kier alpha value is -1.35. The molecule has 1 N–H and O–H groups in total. The molecule has 3 nitrogen and oxygen atoms in total. The lowest BCUT2D eigenvalue weighted by molar-refractivity contribution is -0.105. The first-order chi connectivity index (χ1) is 10.7. The summed E-state index contributed by atoms with van der Waals surface area (Å²) < 4.78 is 0. The zero-order valence-electron chi connectivity index (χ0n) is 14.5. The fraction of sp³-hybridized carbons (Fsp3) is 0.632. The lowest BCUT2D eigenvalue weighted by atomic mass is 10.1. The molecule has 1 aromatic carbocycles. The predicted octanol–water partition coefficient (Wildman–Crippen LogP) is 4.78. The van der Waals surface area contributed by atoms with Gasteiger partial charge in [-0.3, -0.25) is 4.79 Å². The quantitative estimate of drug-likeness (QED) is 0.606. The first-order valence-electron chi connectivity index (χ1n) is 8.67. The number of hydrogen-bond acceptors (Lipinski definition) is 2. The van der Waals surface area contributed by atoms with Crippen molar-refractivity contribution < 1.29 is 6.22 Å². The third-order valence-electron chi connectivity index (χ3n) is 4.21. The summed E-state index contributed by atoms with van der Waals surface area (Å²) in [6.07, 6.45) is 9.22. The van der Waals surface area contributed by atoms with Crippen molar-refractivity contribution in [3.8, 4) is 0 Å². The van der Waals surface area contributed by atoms with Crippen LogP contribution < -0.4 is 5.32 Å². The second kappa shape index (κ2) is 11.2. The molecule has 0 unspecified atom stereocenters. The number of nitrogens with zero attached hydrogens (tertiary/aromatic N) is 1. The van der Waals surface area contributed by atoms with Crippen LogP contribution in [0.2, 0.25) is 0 Å². The second-order valence-electron chi connectivity index (χ2n) is 6.14. The molecule has 0 radical (unpaired) electrons. The molecule has 1 aliphatic rings. The summed E-state index contributed by atoms with van der Waals surface area (Å²) in [4.78, 5) is 12.8. The average Bonchev–Trinajstić information content (AvgIpc) is 2.53. The fourth-order valence-electron chi connectivity index (χ4n) is 2.87. The summed E-state index contributed by atoms with van der Waals surface area (Å²) in [5.74, 6) is 0. The number of para-hydroxylation sites is 1. The number of carbonyl (C=O) groups excluding carboxylic acids is 1. The van der Waals surface area contributed by atoms with Crippen molar-refractivity contribution in [2.24, 2.45) is 0 Å². The highest BCUT2D eigenvalue weighted by Crippen LogP contribution is 2.17. The number of amides is 1. The Labute approximate surface area is 137 Å². The van der Waals surface area contributed by atoms with E-state index in [9.17, 15) is 4.79 Å². The molecule has 0 aromatic heterocycles. The number of hydrogen-bond donors (Lipinski definition) is 1. The van der Waals surface area contributed by atoms with Gasteiger partial charge in [0.15, 0.2) is 0 Å². The summed E-state index contributed by atoms with van der Waals surface area (Å²) in [6, 6.07) is 5.91. The third kappa shape index (κ3) is 7.08. The normalized spacial score (nSPS) is 14.9. The zero-order valence-corrected chi connectivity index (χ0v) is 14.5. The molecule has 3 heteroatoms. The zero-order chi connectivity index (χ0) is 16.2. The van der Waals surface area contributed by atoms with Gasteiger partial charge in [0.1, 0.15) is 0 Å². The molecule has 22 heavy (non-hydrogen) atoms. The van der Waals surface area contributed by atoms with Crippen LogP contribution in [0.1, 0.15) is 58.0 Å². The van der Waals surface area contributed by atoms with Crippen LogP contribution in [0.4, 0.5) is 5.69 Å². The highest BCUT2D eigenvalue weighted by Gasteiger charge is 2.08. The Morgan fingerprint density at radius 2 is 1.77 bits per heavy atom. The number of anilines is 1. The van der Waals surface area contributed by atoms with Crippen molar-refractivity contribution in [3.05, 3.63) is 29.3 Å². The van der Waals surface area contributed by atoms with Crippen LogP contribution in [0.15, 0.2) is 18.2 Å². The van der Waals surface area contributed by atoms with Crippen LogP contribution in [0, 0.1) is 13.8 Å². The molecule has 1 fully saturated rings. The molecule has 1 aliphatic heterocycles. The highest BCUT2D eigenvalue weighted by atomic mass is 16.1. The van der Waals surface area contributed by atoms with E-state index in [1.54, 1.807) is 0 Å². The number of likely N-dealkylation sites (tertiary alicyclic amines) is 1. The van der Waals surface area contributed by atoms with Gasteiger partial charge in [-0.05, 0) is 63.9 Å². The topological polar surface area (TPSA) is 32.3 Å². The molecule has 0 atom stereocenters. The number of carbonyl (C=O) groups is 1. The van der Waals surface area contributed by atoms with E-state index >= 15 is 0 Å². The molecule has 1 amide bonds. The average molecular weight is 306 g/mol. The largest absolute Gasteiger partial charge is 0.328 e. The van der Waals surface area contributed by atoms with Crippen LogP contribution in [0.3, 0.4) is 0 Å². The van der Waals surface area contributed by atoms with Gasteiger partial charge in [0.2, 0.25) is 6.41 Å². The minimum absolute atomic E-state index is 0. The smallest absolute Gasteiger partial charge is 0.211 e. The molecule has 0 spiro atoms. The van der Waals surface area contributed by atoms with Gasteiger partial charge in [-0.25, -0.2) is 0 Å². The van der Waals surface area contributed by atoms with Crippen LogP contribution in [0.5, 0.6) is 0 Å². The first-order valence-corrected chi connectivity index (χ1v) is 8.67. The molecule has 126 valence electrons. The summed E-state index contributed by atoms with van der Waals surface area (Å²) in [7, 11) is 0. The molecular formula is C19H34N2O. The van der Waals surface area contributed by atoms with E-state index in [-0.39, 0.29) is 1.43 Å². The van der Waals surface area contributed by atoms with Gasteiger partial charge in [-0.1, -0.05) is 44.4 Å². The SMILES string of the molecule is CCCCCN1CCCCC1.Cc1cccc(C)c1NC=O.[HH]. The summed E-state index contributed by atoms with van der Waals surface area (Å²) >= 11 is 0. The maximum absolute atomic E-state index is 10.2. The molecule has 0 saturated carbocycles. The van der Waals surface area contributed by atoms with Gasteiger partial charge in [0.25, 0.3) is 0 Å². The Kier molecular flexibility index (Phi) is 9.56. The summed E-state index contributed by atoms with van der Waals surface area (Å²) in [6.45, 7) is 10.3. The predicted molar refractivity (Wildman–Crippen MR) is 97.5 cm³/mol. The van der Waals surface area contributed by atoms with E-state index in [2.05, 4.69) is 17.1 Å². The standard InChI is InChI=1S/C10H21N.C9H11NO.H2/c1-2-3-5-8-11-9-6-4-7-10-11;1-7-4-3-5-8(2)9(7)10-6-11;/h2-10H2,1H3;3-6H,1-2H3,(H,10,11);1H. The van der Waals surface area contributed by atoms with Gasteiger partial charge in [-0.15, -0.1) is 0 Å². The van der Waals surface area contributed by atoms with Crippen molar-refractivity contribution in [3.63, 3.8) is 0 Å². The number of piperidine rings is 1.